The minimum atomic E-state index is -4.85. The quantitative estimate of drug-likeness (QED) is 0.0869. The van der Waals surface area contributed by atoms with Crippen LogP contribution in [0.1, 0.15) is 28.2 Å². The highest BCUT2D eigenvalue weighted by Crippen LogP contribution is 2.47. The summed E-state index contributed by atoms with van der Waals surface area (Å²) in [4.78, 5) is 29.7. The predicted octanol–water partition coefficient (Wildman–Crippen LogP) is 8.74. The fourth-order valence-corrected chi connectivity index (χ4v) is 7.08. The molecule has 0 fully saturated rings. The molecule has 4 aliphatic heterocycles. The topological polar surface area (TPSA) is 184 Å². The van der Waals surface area contributed by atoms with Crippen LogP contribution in [0.5, 0.6) is 34.5 Å². The van der Waals surface area contributed by atoms with Crippen molar-refractivity contribution in [3.63, 3.8) is 0 Å². The molecule has 62 heavy (non-hydrogen) atoms. The number of nitrogens with zero attached hydrogens (tertiary/aromatic N) is 4. The Balaban J connectivity index is 0.919. The van der Waals surface area contributed by atoms with Gasteiger partial charge in [-0.3, -0.25) is 4.79 Å². The molecular weight excluding hydrogens is 832 g/mol. The van der Waals surface area contributed by atoms with Crippen molar-refractivity contribution >= 4 is 57.9 Å². The SMILES string of the molecule is O=C1Nc2ccc(Nc3ncc(C(F)(F)F)c(Nc4ccc5c(c4)OCO5)n3)cc2CC1c1cc(Nc2nc(Nc3ccc4c(c3)OCO4)ncc2C(F)(F)F)cc2c1OCO2. The summed E-state index contributed by atoms with van der Waals surface area (Å²) < 4.78 is 118. The van der Waals surface area contributed by atoms with Gasteiger partial charge in [0.15, 0.2) is 34.5 Å². The van der Waals surface area contributed by atoms with Crippen molar-refractivity contribution in [3.05, 3.63) is 101 Å². The van der Waals surface area contributed by atoms with Crippen LogP contribution >= 0.6 is 0 Å². The number of benzene rings is 4. The Labute approximate surface area is 344 Å². The van der Waals surface area contributed by atoms with Gasteiger partial charge in [-0.15, -0.1) is 0 Å². The highest BCUT2D eigenvalue weighted by molar-refractivity contribution is 6.00. The monoisotopic (exact) mass is 859 g/mol. The second-order valence-corrected chi connectivity index (χ2v) is 14.0. The zero-order chi connectivity index (χ0) is 42.8. The molecule has 16 nitrogen and oxygen atoms in total. The molecule has 1 unspecified atom stereocenters. The van der Waals surface area contributed by atoms with E-state index in [1.165, 1.54) is 24.3 Å². The van der Waals surface area contributed by atoms with Crippen LogP contribution < -0.4 is 55.0 Å². The maximum atomic E-state index is 14.3. The zero-order valence-electron chi connectivity index (χ0n) is 31.3. The largest absolute Gasteiger partial charge is 0.454 e. The van der Waals surface area contributed by atoms with Gasteiger partial charge in [0.05, 0.1) is 5.92 Å². The molecule has 22 heteroatoms. The van der Waals surface area contributed by atoms with Gasteiger partial charge >= 0.3 is 12.4 Å². The summed E-state index contributed by atoms with van der Waals surface area (Å²) in [6.07, 6.45) is -8.27. The minimum absolute atomic E-state index is 0.0200. The number of ether oxygens (including phenoxy) is 6. The molecule has 4 aromatic carbocycles. The Morgan fingerprint density at radius 2 is 1.06 bits per heavy atom. The second kappa shape index (κ2) is 14.7. The Kier molecular flexibility index (Phi) is 9.06. The maximum absolute atomic E-state index is 14.3. The number of hydrogen-bond acceptors (Lipinski definition) is 15. The second-order valence-electron chi connectivity index (χ2n) is 14.0. The van der Waals surface area contributed by atoms with E-state index in [9.17, 15) is 31.1 Å². The molecule has 0 saturated heterocycles. The van der Waals surface area contributed by atoms with Crippen LogP contribution in [0.3, 0.4) is 0 Å². The van der Waals surface area contributed by atoms with E-state index >= 15 is 0 Å². The molecule has 0 spiro atoms. The number of fused-ring (bicyclic) bond motifs is 4. The highest BCUT2D eigenvalue weighted by Gasteiger charge is 2.38. The molecular formula is C40H27F6N9O7. The van der Waals surface area contributed by atoms with E-state index in [4.69, 9.17) is 28.4 Å². The van der Waals surface area contributed by atoms with E-state index in [0.717, 1.165) is 0 Å². The number of anilines is 9. The first-order chi connectivity index (χ1) is 29.8. The number of carbonyl (C=O) groups is 1. The van der Waals surface area contributed by atoms with Crippen LogP contribution in [0.25, 0.3) is 0 Å². The van der Waals surface area contributed by atoms with Crippen LogP contribution in [-0.4, -0.2) is 46.2 Å². The van der Waals surface area contributed by atoms with E-state index in [1.54, 1.807) is 42.5 Å². The van der Waals surface area contributed by atoms with Crippen molar-refractivity contribution < 1.29 is 59.6 Å². The molecule has 0 aliphatic carbocycles. The van der Waals surface area contributed by atoms with Gasteiger partial charge in [0.25, 0.3) is 0 Å². The number of aromatic nitrogens is 4. The summed E-state index contributed by atoms with van der Waals surface area (Å²) in [6.45, 7) is -0.206. The summed E-state index contributed by atoms with van der Waals surface area (Å²) in [5.74, 6) is -0.690. The van der Waals surface area contributed by atoms with E-state index < -0.39 is 46.9 Å². The normalized spacial score (nSPS) is 15.8. The first-order valence-corrected chi connectivity index (χ1v) is 18.4. The van der Waals surface area contributed by atoms with E-state index in [2.05, 4.69) is 46.5 Å². The standard InChI is InChI=1S/C40H27F6N9O7/c41-39(42,43)25-13-47-37(54-34(25)49-20-2-5-28-30(10-20)59-15-57-28)51-19-1-4-27-18(7-19)8-24(36(56)53-27)23-9-22(12-32-33(23)62-17-61-32)50-35-26(40(44,45)46)14-48-38(55-35)52-21-3-6-29-31(11-21)60-16-58-29/h1-7,9-14,24H,8,15-17H2,(H,53,56)(H2,47,49,51,54)(H2,48,50,52,55). The van der Waals surface area contributed by atoms with Gasteiger partial charge in [-0.1, -0.05) is 0 Å². The number of alkyl halides is 6. The molecule has 5 N–H and O–H groups in total. The third-order valence-electron chi connectivity index (χ3n) is 9.95. The van der Waals surface area contributed by atoms with Crippen molar-refractivity contribution in [1.82, 2.24) is 19.9 Å². The molecule has 10 rings (SSSR count). The van der Waals surface area contributed by atoms with Gasteiger partial charge in [-0.2, -0.15) is 36.3 Å². The lowest BCUT2D eigenvalue weighted by Gasteiger charge is -2.26. The van der Waals surface area contributed by atoms with Crippen molar-refractivity contribution in [2.75, 3.05) is 47.0 Å². The van der Waals surface area contributed by atoms with Crippen molar-refractivity contribution in [2.45, 2.75) is 24.7 Å². The van der Waals surface area contributed by atoms with Crippen LogP contribution in [0.15, 0.2) is 79.1 Å². The van der Waals surface area contributed by atoms with Crippen LogP contribution in [-0.2, 0) is 23.6 Å². The summed E-state index contributed by atoms with van der Waals surface area (Å²) in [5, 5.41) is 14.1. The van der Waals surface area contributed by atoms with Gasteiger partial charge in [0.2, 0.25) is 38.2 Å². The maximum Gasteiger partial charge on any atom is 0.421 e. The molecule has 0 saturated carbocycles. The molecule has 0 bridgehead atoms. The summed E-state index contributed by atoms with van der Waals surface area (Å²) in [6, 6.07) is 17.1. The molecule has 6 aromatic rings. The Morgan fingerprint density at radius 1 is 0.565 bits per heavy atom. The van der Waals surface area contributed by atoms with Gasteiger partial charge in [-0.25, -0.2) is 9.97 Å². The first kappa shape index (κ1) is 38.3. The number of halogens is 6. The molecule has 4 aliphatic rings. The lowest BCUT2D eigenvalue weighted by molar-refractivity contribution is -0.138. The van der Waals surface area contributed by atoms with Crippen molar-refractivity contribution in [1.29, 1.82) is 0 Å². The van der Waals surface area contributed by atoms with E-state index in [0.29, 0.717) is 63.6 Å². The minimum Gasteiger partial charge on any atom is -0.454 e. The highest BCUT2D eigenvalue weighted by atomic mass is 19.4. The average Bonchev–Trinajstić information content (AvgIpc) is 4.01. The summed E-state index contributed by atoms with van der Waals surface area (Å²) in [5.41, 5.74) is 0.251. The Bertz CT molecular complexity index is 2790. The van der Waals surface area contributed by atoms with Gasteiger partial charge in [0.1, 0.15) is 22.8 Å². The van der Waals surface area contributed by atoms with Crippen LogP contribution in [0, 0.1) is 0 Å². The van der Waals surface area contributed by atoms with Crippen molar-refractivity contribution in [2.24, 2.45) is 0 Å². The Hall–Kier alpha value is -7.91. The summed E-state index contributed by atoms with van der Waals surface area (Å²) in [7, 11) is 0. The van der Waals surface area contributed by atoms with Crippen molar-refractivity contribution in [3.8, 4) is 34.5 Å². The van der Waals surface area contributed by atoms with E-state index in [-0.39, 0.29) is 61.6 Å². The number of amides is 1. The molecule has 0 radical (unpaired) electrons. The predicted molar refractivity (Wildman–Crippen MR) is 206 cm³/mol. The summed E-state index contributed by atoms with van der Waals surface area (Å²) >= 11 is 0. The van der Waals surface area contributed by atoms with Gasteiger partial charge in [-0.05, 0) is 60.5 Å². The Morgan fingerprint density at radius 3 is 1.68 bits per heavy atom. The van der Waals surface area contributed by atoms with Gasteiger partial charge in [0, 0.05) is 64.6 Å². The molecule has 6 heterocycles. The molecule has 316 valence electrons. The molecule has 1 amide bonds. The van der Waals surface area contributed by atoms with Crippen LogP contribution in [0.2, 0.25) is 0 Å². The third-order valence-corrected chi connectivity index (χ3v) is 9.95. The lowest BCUT2D eigenvalue weighted by atomic mass is 9.86. The lowest BCUT2D eigenvalue weighted by Crippen LogP contribution is -2.28. The number of rotatable bonds is 9. The number of nitrogens with one attached hydrogen (secondary N) is 5. The smallest absolute Gasteiger partial charge is 0.421 e. The van der Waals surface area contributed by atoms with E-state index in [1.807, 2.05) is 0 Å². The van der Waals surface area contributed by atoms with Crippen LogP contribution in [0.4, 0.5) is 78.3 Å². The fraction of sp³-hybridized carbons (Fsp3) is 0.175. The molecule has 1 atom stereocenters. The number of hydrogen-bond donors (Lipinski definition) is 5. The first-order valence-electron chi connectivity index (χ1n) is 18.4. The molecule has 2 aromatic heterocycles. The average molecular weight is 860 g/mol. The zero-order valence-corrected chi connectivity index (χ0v) is 31.3. The third kappa shape index (κ3) is 7.45. The van der Waals surface area contributed by atoms with Gasteiger partial charge < -0.3 is 55.0 Å². The fourth-order valence-electron chi connectivity index (χ4n) is 7.08. The number of carbonyl (C=O) groups excluding carboxylic acids is 1.